The molecule has 0 atom stereocenters. The summed E-state index contributed by atoms with van der Waals surface area (Å²) in [7, 11) is -3.54. The molecule has 1 heterocycles. The number of rotatable bonds is 4. The van der Waals surface area contributed by atoms with Gasteiger partial charge in [-0.3, -0.25) is 4.72 Å². The Morgan fingerprint density at radius 1 is 1.00 bits per heavy atom. The van der Waals surface area contributed by atoms with Crippen LogP contribution in [0.25, 0.3) is 0 Å². The minimum atomic E-state index is -3.54. The summed E-state index contributed by atoms with van der Waals surface area (Å²) in [5, 5.41) is 0. The van der Waals surface area contributed by atoms with Crippen molar-refractivity contribution in [3.8, 4) is 0 Å². The largest absolute Gasteiger partial charge is 0.371 e. The van der Waals surface area contributed by atoms with Crippen LogP contribution >= 0.6 is 0 Å². The number of aryl methyl sites for hydroxylation is 1. The summed E-state index contributed by atoms with van der Waals surface area (Å²) in [6.45, 7) is 3.98. The fraction of sp³-hybridized carbons (Fsp3) is 0.294. The van der Waals surface area contributed by atoms with Crippen LogP contribution in [-0.4, -0.2) is 21.5 Å². The van der Waals surface area contributed by atoms with Crippen molar-refractivity contribution in [2.24, 2.45) is 0 Å². The van der Waals surface area contributed by atoms with Crippen LogP contribution in [0.1, 0.15) is 18.4 Å². The highest BCUT2D eigenvalue weighted by Crippen LogP contribution is 2.27. The van der Waals surface area contributed by atoms with E-state index in [0.717, 1.165) is 24.3 Å². The quantitative estimate of drug-likeness (QED) is 0.940. The molecule has 1 aliphatic heterocycles. The lowest BCUT2D eigenvalue weighted by molar-refractivity contribution is 0.601. The first-order valence-electron chi connectivity index (χ1n) is 7.50. The van der Waals surface area contributed by atoms with Gasteiger partial charge in [0.2, 0.25) is 0 Å². The molecule has 116 valence electrons. The molecule has 1 fully saturated rings. The molecule has 2 aromatic carbocycles. The van der Waals surface area contributed by atoms with Crippen LogP contribution < -0.4 is 9.62 Å². The molecular formula is C17H20N2O2S. The Balaban J connectivity index is 1.90. The molecule has 5 heteroatoms. The van der Waals surface area contributed by atoms with Gasteiger partial charge in [0.15, 0.2) is 0 Å². The third-order valence-electron chi connectivity index (χ3n) is 3.99. The Hall–Kier alpha value is -2.01. The zero-order valence-electron chi connectivity index (χ0n) is 12.6. The van der Waals surface area contributed by atoms with Gasteiger partial charge in [-0.15, -0.1) is 0 Å². The molecule has 0 aliphatic carbocycles. The molecule has 0 unspecified atom stereocenters. The lowest BCUT2D eigenvalue weighted by Crippen LogP contribution is -2.18. The van der Waals surface area contributed by atoms with Crippen molar-refractivity contribution < 1.29 is 8.42 Å². The number of nitrogens with one attached hydrogen (secondary N) is 1. The summed E-state index contributed by atoms with van der Waals surface area (Å²) in [6.07, 6.45) is 2.39. The summed E-state index contributed by atoms with van der Waals surface area (Å²) in [4.78, 5) is 2.57. The van der Waals surface area contributed by atoms with Gasteiger partial charge in [-0.05, 0) is 49.6 Å². The zero-order chi connectivity index (χ0) is 15.6. The van der Waals surface area contributed by atoms with Crippen molar-refractivity contribution in [1.29, 1.82) is 0 Å². The van der Waals surface area contributed by atoms with Crippen LogP contribution in [0, 0.1) is 6.92 Å². The molecule has 0 spiro atoms. The van der Waals surface area contributed by atoms with Crippen LogP contribution in [0.3, 0.4) is 0 Å². The van der Waals surface area contributed by atoms with Crippen molar-refractivity contribution in [3.63, 3.8) is 0 Å². The summed E-state index contributed by atoms with van der Waals surface area (Å²) in [6, 6.07) is 14.4. The van der Waals surface area contributed by atoms with Crippen LogP contribution in [0.15, 0.2) is 53.4 Å². The molecule has 0 amide bonds. The topological polar surface area (TPSA) is 49.4 Å². The summed E-state index contributed by atoms with van der Waals surface area (Å²) in [5.41, 5.74) is 2.64. The van der Waals surface area contributed by atoms with Gasteiger partial charge < -0.3 is 4.90 Å². The minimum Gasteiger partial charge on any atom is -0.371 e. The summed E-state index contributed by atoms with van der Waals surface area (Å²) < 4.78 is 27.6. The van der Waals surface area contributed by atoms with E-state index in [0.29, 0.717) is 5.69 Å². The molecule has 4 nitrogen and oxygen atoms in total. The minimum absolute atomic E-state index is 0.279. The Kier molecular flexibility index (Phi) is 4.07. The molecule has 0 radical (unpaired) electrons. The lowest BCUT2D eigenvalue weighted by atomic mass is 10.2. The Morgan fingerprint density at radius 2 is 1.68 bits per heavy atom. The first-order chi connectivity index (χ1) is 10.6. The van der Waals surface area contributed by atoms with Crippen molar-refractivity contribution in [2.75, 3.05) is 22.7 Å². The fourth-order valence-electron chi connectivity index (χ4n) is 2.70. The van der Waals surface area contributed by atoms with Crippen LogP contribution in [0.4, 0.5) is 11.4 Å². The van der Waals surface area contributed by atoms with Gasteiger partial charge in [-0.2, -0.15) is 0 Å². The third kappa shape index (κ3) is 3.09. The predicted octanol–water partition coefficient (Wildman–Crippen LogP) is 3.40. The SMILES string of the molecule is Cc1ccc(N2CCCC2)cc1NS(=O)(=O)c1ccccc1. The first kappa shape index (κ1) is 14.9. The molecule has 0 bridgehead atoms. The molecule has 0 saturated carbocycles. The van der Waals surface area contributed by atoms with Crippen molar-refractivity contribution in [1.82, 2.24) is 0 Å². The number of hydrogen-bond donors (Lipinski definition) is 1. The number of sulfonamides is 1. The van der Waals surface area contributed by atoms with Gasteiger partial charge in [-0.1, -0.05) is 24.3 Å². The van der Waals surface area contributed by atoms with Gasteiger partial charge >= 0.3 is 0 Å². The highest BCUT2D eigenvalue weighted by molar-refractivity contribution is 7.92. The van der Waals surface area contributed by atoms with E-state index in [2.05, 4.69) is 15.7 Å². The molecule has 1 aliphatic rings. The van der Waals surface area contributed by atoms with E-state index in [1.165, 1.54) is 12.8 Å². The maximum Gasteiger partial charge on any atom is 0.261 e. The molecule has 2 aromatic rings. The standard InChI is InChI=1S/C17H20N2O2S/c1-14-9-10-15(19-11-5-6-12-19)13-17(14)18-22(20,21)16-7-3-2-4-8-16/h2-4,7-10,13,18H,5-6,11-12H2,1H3. The van der Waals surface area contributed by atoms with Crippen molar-refractivity contribution >= 4 is 21.4 Å². The first-order valence-corrected chi connectivity index (χ1v) is 8.98. The van der Waals surface area contributed by atoms with E-state index in [1.54, 1.807) is 30.3 Å². The zero-order valence-corrected chi connectivity index (χ0v) is 13.4. The molecule has 0 aromatic heterocycles. The van der Waals surface area contributed by atoms with E-state index in [-0.39, 0.29) is 4.90 Å². The van der Waals surface area contributed by atoms with Crippen molar-refractivity contribution in [2.45, 2.75) is 24.7 Å². The monoisotopic (exact) mass is 316 g/mol. The number of benzene rings is 2. The molecule has 1 N–H and O–H groups in total. The van der Waals surface area contributed by atoms with Crippen LogP contribution in [-0.2, 0) is 10.0 Å². The molecule has 1 saturated heterocycles. The maximum absolute atomic E-state index is 12.5. The number of nitrogens with zero attached hydrogens (tertiary/aromatic N) is 1. The Morgan fingerprint density at radius 3 is 2.36 bits per heavy atom. The maximum atomic E-state index is 12.5. The second kappa shape index (κ2) is 6.01. The predicted molar refractivity (Wildman–Crippen MR) is 89.9 cm³/mol. The molecular weight excluding hydrogens is 296 g/mol. The summed E-state index contributed by atoms with van der Waals surface area (Å²) in [5.74, 6) is 0. The van der Waals surface area contributed by atoms with Crippen molar-refractivity contribution in [3.05, 3.63) is 54.1 Å². The highest BCUT2D eigenvalue weighted by atomic mass is 32.2. The second-order valence-electron chi connectivity index (χ2n) is 5.61. The Labute approximate surface area is 131 Å². The average molecular weight is 316 g/mol. The third-order valence-corrected chi connectivity index (χ3v) is 5.37. The van der Waals surface area contributed by atoms with Gasteiger partial charge in [-0.25, -0.2) is 8.42 Å². The van der Waals surface area contributed by atoms with Crippen LogP contribution in [0.2, 0.25) is 0 Å². The van der Waals surface area contributed by atoms with Gasteiger partial charge in [0.05, 0.1) is 10.6 Å². The van der Waals surface area contributed by atoms with Gasteiger partial charge in [0, 0.05) is 18.8 Å². The van der Waals surface area contributed by atoms with E-state index in [9.17, 15) is 8.42 Å². The van der Waals surface area contributed by atoms with E-state index < -0.39 is 10.0 Å². The van der Waals surface area contributed by atoms with E-state index in [1.807, 2.05) is 19.1 Å². The molecule has 3 rings (SSSR count). The highest BCUT2D eigenvalue weighted by Gasteiger charge is 2.17. The van der Waals surface area contributed by atoms with Gasteiger partial charge in [0.1, 0.15) is 0 Å². The van der Waals surface area contributed by atoms with E-state index in [4.69, 9.17) is 0 Å². The van der Waals surface area contributed by atoms with E-state index >= 15 is 0 Å². The fourth-order valence-corrected chi connectivity index (χ4v) is 3.84. The Bertz CT molecular complexity index is 751. The lowest BCUT2D eigenvalue weighted by Gasteiger charge is -2.20. The molecule has 22 heavy (non-hydrogen) atoms. The smallest absolute Gasteiger partial charge is 0.261 e. The normalized spacial score (nSPS) is 15.0. The second-order valence-corrected chi connectivity index (χ2v) is 7.29. The summed E-state index contributed by atoms with van der Waals surface area (Å²) >= 11 is 0. The number of anilines is 2. The average Bonchev–Trinajstić information content (AvgIpc) is 3.04. The van der Waals surface area contributed by atoms with Gasteiger partial charge in [0.25, 0.3) is 10.0 Å². The van der Waals surface area contributed by atoms with Crippen LogP contribution in [0.5, 0.6) is 0 Å². The number of hydrogen-bond acceptors (Lipinski definition) is 3.